The Labute approximate surface area is 207 Å². The summed E-state index contributed by atoms with van der Waals surface area (Å²) in [6, 6.07) is 20.0. The number of fused-ring (bicyclic) bond motifs is 1. The Balaban J connectivity index is 1.37. The SMILES string of the molecule is Cc1cccc(COc2ccc(/C=N\NC(=O)c3cc4cc([N+](=O)[O-])ccc4s3)cc2I)c1. The minimum absolute atomic E-state index is 0.00816. The summed E-state index contributed by atoms with van der Waals surface area (Å²) in [6.07, 6.45) is 1.56. The number of thiophene rings is 1. The lowest BCUT2D eigenvalue weighted by atomic mass is 10.1. The van der Waals surface area contributed by atoms with Crippen LogP contribution in [-0.2, 0) is 6.61 Å². The Bertz CT molecular complexity index is 1380. The van der Waals surface area contributed by atoms with Crippen molar-refractivity contribution >= 4 is 61.8 Å². The zero-order valence-corrected chi connectivity index (χ0v) is 20.4. The van der Waals surface area contributed by atoms with Crippen LogP contribution in [0.4, 0.5) is 5.69 Å². The highest BCUT2D eigenvalue weighted by Crippen LogP contribution is 2.29. The molecular weight excluding hydrogens is 553 g/mol. The Morgan fingerprint density at radius 1 is 1.18 bits per heavy atom. The lowest BCUT2D eigenvalue weighted by Crippen LogP contribution is -2.16. The molecule has 0 atom stereocenters. The van der Waals surface area contributed by atoms with E-state index in [1.165, 1.54) is 29.0 Å². The predicted molar refractivity (Wildman–Crippen MR) is 138 cm³/mol. The molecule has 0 saturated carbocycles. The number of hydrogen-bond acceptors (Lipinski definition) is 6. The third kappa shape index (κ3) is 5.74. The zero-order valence-electron chi connectivity index (χ0n) is 17.4. The van der Waals surface area contributed by atoms with E-state index in [-0.39, 0.29) is 11.6 Å². The number of aryl methyl sites for hydroxylation is 1. The molecule has 0 radical (unpaired) electrons. The number of non-ortho nitro benzene ring substituents is 1. The van der Waals surface area contributed by atoms with Gasteiger partial charge in [0, 0.05) is 22.2 Å². The van der Waals surface area contributed by atoms with Crippen molar-refractivity contribution in [3.8, 4) is 5.75 Å². The molecule has 0 aliphatic heterocycles. The number of carbonyl (C=O) groups is 1. The van der Waals surface area contributed by atoms with Crippen molar-refractivity contribution in [2.24, 2.45) is 5.10 Å². The molecule has 0 unspecified atom stereocenters. The number of nitro groups is 1. The van der Waals surface area contributed by atoms with Crippen molar-refractivity contribution in [2.75, 3.05) is 0 Å². The molecule has 0 aliphatic rings. The first-order valence-electron chi connectivity index (χ1n) is 9.88. The maximum Gasteiger partial charge on any atom is 0.281 e. The quantitative estimate of drug-likeness (QED) is 0.126. The monoisotopic (exact) mass is 571 g/mol. The largest absolute Gasteiger partial charge is 0.488 e. The summed E-state index contributed by atoms with van der Waals surface area (Å²) >= 11 is 3.46. The first kappa shape index (κ1) is 22.9. The van der Waals surface area contributed by atoms with Gasteiger partial charge < -0.3 is 4.74 Å². The average molecular weight is 571 g/mol. The fraction of sp³-hybridized carbons (Fsp3) is 0.0833. The molecule has 0 saturated heterocycles. The van der Waals surface area contributed by atoms with Crippen LogP contribution in [0.2, 0.25) is 0 Å². The third-order valence-electron chi connectivity index (χ3n) is 4.75. The van der Waals surface area contributed by atoms with Gasteiger partial charge >= 0.3 is 0 Å². The molecule has 166 valence electrons. The van der Waals surface area contributed by atoms with Gasteiger partial charge in [0.15, 0.2) is 0 Å². The summed E-state index contributed by atoms with van der Waals surface area (Å²) in [5.74, 6) is 0.403. The van der Waals surface area contributed by atoms with Gasteiger partial charge in [-0.3, -0.25) is 14.9 Å². The predicted octanol–water partition coefficient (Wildman–Crippen LogP) is 6.07. The summed E-state index contributed by atoms with van der Waals surface area (Å²) in [5.41, 5.74) is 5.61. The highest BCUT2D eigenvalue weighted by molar-refractivity contribution is 14.1. The summed E-state index contributed by atoms with van der Waals surface area (Å²) in [6.45, 7) is 2.53. The third-order valence-corrected chi connectivity index (χ3v) is 6.70. The number of nitrogens with one attached hydrogen (secondary N) is 1. The van der Waals surface area contributed by atoms with Crippen LogP contribution in [0.1, 0.15) is 26.4 Å². The Morgan fingerprint density at radius 2 is 2.03 bits per heavy atom. The van der Waals surface area contributed by atoms with E-state index in [4.69, 9.17) is 4.74 Å². The second kappa shape index (κ2) is 10.1. The number of ether oxygens (including phenoxy) is 1. The Kier molecular flexibility index (Phi) is 6.99. The van der Waals surface area contributed by atoms with E-state index in [1.807, 2.05) is 43.3 Å². The normalized spacial score (nSPS) is 11.1. The highest BCUT2D eigenvalue weighted by Gasteiger charge is 2.13. The van der Waals surface area contributed by atoms with Crippen LogP contribution in [0.25, 0.3) is 10.1 Å². The van der Waals surface area contributed by atoms with Crippen LogP contribution >= 0.6 is 33.9 Å². The van der Waals surface area contributed by atoms with E-state index in [2.05, 4.69) is 39.2 Å². The molecule has 3 aromatic carbocycles. The van der Waals surface area contributed by atoms with Crippen molar-refractivity contribution in [3.05, 3.63) is 102 Å². The lowest BCUT2D eigenvalue weighted by Gasteiger charge is -2.09. The number of rotatable bonds is 7. The summed E-state index contributed by atoms with van der Waals surface area (Å²) in [5, 5.41) is 15.6. The molecule has 4 aromatic rings. The van der Waals surface area contributed by atoms with Gasteiger partial charge in [0.1, 0.15) is 12.4 Å². The van der Waals surface area contributed by atoms with Crippen molar-refractivity contribution in [1.29, 1.82) is 0 Å². The van der Waals surface area contributed by atoms with Gasteiger partial charge in [0.2, 0.25) is 0 Å². The van der Waals surface area contributed by atoms with Gasteiger partial charge in [-0.25, -0.2) is 5.43 Å². The van der Waals surface area contributed by atoms with Gasteiger partial charge in [0.25, 0.3) is 11.6 Å². The molecular formula is C24H18IN3O4S. The smallest absolute Gasteiger partial charge is 0.281 e. The molecule has 9 heteroatoms. The summed E-state index contributed by atoms with van der Waals surface area (Å²) in [7, 11) is 0. The topological polar surface area (TPSA) is 93.8 Å². The molecule has 0 spiro atoms. The minimum atomic E-state index is -0.457. The zero-order chi connectivity index (χ0) is 23.4. The van der Waals surface area contributed by atoms with Gasteiger partial charge in [-0.15, -0.1) is 11.3 Å². The molecule has 1 amide bonds. The van der Waals surface area contributed by atoms with Gasteiger partial charge in [-0.1, -0.05) is 29.8 Å². The van der Waals surface area contributed by atoms with Gasteiger partial charge in [-0.05, 0) is 71.0 Å². The van der Waals surface area contributed by atoms with Gasteiger partial charge in [-0.2, -0.15) is 5.10 Å². The van der Waals surface area contributed by atoms with Crippen molar-refractivity contribution in [2.45, 2.75) is 13.5 Å². The van der Waals surface area contributed by atoms with Crippen molar-refractivity contribution in [1.82, 2.24) is 5.43 Å². The van der Waals surface area contributed by atoms with E-state index in [9.17, 15) is 14.9 Å². The number of carbonyl (C=O) groups excluding carboxylic acids is 1. The number of nitrogens with zero attached hydrogens (tertiary/aromatic N) is 2. The average Bonchev–Trinajstić information content (AvgIpc) is 3.22. The number of nitro benzene ring substituents is 1. The first-order valence-corrected chi connectivity index (χ1v) is 11.8. The molecule has 1 heterocycles. The first-order chi connectivity index (χ1) is 15.9. The number of amides is 1. The summed E-state index contributed by atoms with van der Waals surface area (Å²) < 4.78 is 7.65. The van der Waals surface area contributed by atoms with Crippen LogP contribution in [-0.4, -0.2) is 17.0 Å². The number of hydrogen-bond donors (Lipinski definition) is 1. The maximum absolute atomic E-state index is 12.4. The summed E-state index contributed by atoms with van der Waals surface area (Å²) in [4.78, 5) is 23.3. The molecule has 1 aromatic heterocycles. The van der Waals surface area contributed by atoms with Gasteiger partial charge in [0.05, 0.1) is 19.6 Å². The fourth-order valence-corrected chi connectivity index (χ4v) is 4.78. The van der Waals surface area contributed by atoms with Crippen LogP contribution < -0.4 is 10.2 Å². The van der Waals surface area contributed by atoms with Crippen LogP contribution in [0.15, 0.2) is 71.8 Å². The fourth-order valence-electron chi connectivity index (χ4n) is 3.15. The molecule has 0 fully saturated rings. The number of benzene rings is 3. The van der Waals surface area contributed by atoms with E-state index < -0.39 is 4.92 Å². The molecule has 7 nitrogen and oxygen atoms in total. The highest BCUT2D eigenvalue weighted by atomic mass is 127. The number of hydrazone groups is 1. The molecule has 0 aliphatic carbocycles. The standard InChI is InChI=1S/C24H18IN3O4S/c1-15-3-2-4-17(9-15)14-32-21-7-5-16(10-20(21)25)13-26-27-24(29)23-12-18-11-19(28(30)31)6-8-22(18)33-23/h2-13H,14H2,1H3,(H,27,29)/b26-13-. The maximum atomic E-state index is 12.4. The van der Waals surface area contributed by atoms with E-state index >= 15 is 0 Å². The van der Waals surface area contributed by atoms with E-state index in [0.29, 0.717) is 16.9 Å². The van der Waals surface area contributed by atoms with Crippen molar-refractivity contribution < 1.29 is 14.5 Å². The minimum Gasteiger partial charge on any atom is -0.488 e. The lowest BCUT2D eigenvalue weighted by molar-refractivity contribution is -0.384. The van der Waals surface area contributed by atoms with E-state index in [1.54, 1.807) is 18.3 Å². The molecule has 4 rings (SSSR count). The van der Waals surface area contributed by atoms with Crippen LogP contribution in [0, 0.1) is 20.6 Å². The Hall–Kier alpha value is -3.31. The molecule has 0 bridgehead atoms. The molecule has 33 heavy (non-hydrogen) atoms. The second-order valence-electron chi connectivity index (χ2n) is 7.26. The van der Waals surface area contributed by atoms with Crippen LogP contribution in [0.3, 0.4) is 0 Å². The number of halogens is 1. The van der Waals surface area contributed by atoms with Crippen LogP contribution in [0.5, 0.6) is 5.75 Å². The second-order valence-corrected chi connectivity index (χ2v) is 9.50. The van der Waals surface area contributed by atoms with E-state index in [0.717, 1.165) is 25.1 Å². The molecule has 1 N–H and O–H groups in total. The Morgan fingerprint density at radius 3 is 2.79 bits per heavy atom. The van der Waals surface area contributed by atoms with Crippen molar-refractivity contribution in [3.63, 3.8) is 0 Å².